The fraction of sp³-hybridized carbons (Fsp3) is 0.475. The first-order chi connectivity index (χ1) is 39.6. The van der Waals surface area contributed by atoms with Crippen LogP contribution in [0.1, 0.15) is 105 Å². The van der Waals surface area contributed by atoms with Crippen LogP contribution < -0.4 is 36.6 Å². The fourth-order valence-electron chi connectivity index (χ4n) is 9.74. The molecule has 7 rings (SSSR count). The van der Waals surface area contributed by atoms with Crippen molar-refractivity contribution in [3.05, 3.63) is 131 Å². The number of carbonyl (C=O) groups is 4. The Hall–Kier alpha value is -7.14. The van der Waals surface area contributed by atoms with Crippen LogP contribution >= 0.6 is 11.3 Å². The fourth-order valence-corrected chi connectivity index (χ4v) is 10.6. The molecule has 0 radical (unpaired) electrons. The number of hydrogen-bond donors (Lipinski definition) is 9. The van der Waals surface area contributed by atoms with Crippen LogP contribution in [0.5, 0.6) is 5.75 Å². The molecule has 20 nitrogen and oxygen atoms in total. The average Bonchev–Trinajstić information content (AvgIpc) is 4.20. The molecule has 21 heteroatoms. The normalized spacial score (nSPS) is 16.2. The van der Waals surface area contributed by atoms with Gasteiger partial charge in [0.25, 0.3) is 5.91 Å². The van der Waals surface area contributed by atoms with Gasteiger partial charge in [0.1, 0.15) is 29.5 Å². The number of likely N-dealkylation sites (tertiary alicyclic amines) is 1. The third kappa shape index (κ3) is 19.0. The van der Waals surface area contributed by atoms with Crippen LogP contribution in [0, 0.1) is 23.2 Å². The molecule has 4 heterocycles. The minimum absolute atomic E-state index is 0.00481. The molecule has 3 aromatic carbocycles. The van der Waals surface area contributed by atoms with Gasteiger partial charge in [-0.3, -0.25) is 35.0 Å². The number of amidine groups is 2. The molecule has 0 spiro atoms. The van der Waals surface area contributed by atoms with E-state index in [0.29, 0.717) is 88.9 Å². The van der Waals surface area contributed by atoms with Crippen LogP contribution in [-0.2, 0) is 41.7 Å². The van der Waals surface area contributed by atoms with E-state index < -0.39 is 35.0 Å². The molecule has 0 saturated carbocycles. The van der Waals surface area contributed by atoms with Gasteiger partial charge in [0.2, 0.25) is 17.7 Å². The number of anilines is 1. The Balaban J connectivity index is 0.700. The average molecular weight is 1140 g/mol. The number of piperidine rings is 1. The number of benzene rings is 3. The third-order valence-electron chi connectivity index (χ3n) is 14.4. The number of aliphatic hydroxyl groups excluding tert-OH is 1. The summed E-state index contributed by atoms with van der Waals surface area (Å²) in [6, 6.07) is 24.5. The molecule has 440 valence electrons. The second-order valence-corrected chi connectivity index (χ2v) is 22.6. The second-order valence-electron chi connectivity index (χ2n) is 21.8. The summed E-state index contributed by atoms with van der Waals surface area (Å²) in [5.74, 6) is -0.297. The molecule has 2 fully saturated rings. The van der Waals surface area contributed by atoms with Crippen LogP contribution in [-0.4, -0.2) is 145 Å². The van der Waals surface area contributed by atoms with Crippen molar-refractivity contribution in [2.45, 2.75) is 116 Å². The highest BCUT2D eigenvalue weighted by atomic mass is 32.1. The molecule has 2 aliphatic rings. The van der Waals surface area contributed by atoms with Crippen LogP contribution in [0.2, 0.25) is 0 Å². The summed E-state index contributed by atoms with van der Waals surface area (Å²) in [6.07, 6.45) is 7.56. The van der Waals surface area contributed by atoms with E-state index in [1.165, 1.54) is 4.90 Å². The molecule has 82 heavy (non-hydrogen) atoms. The second kappa shape index (κ2) is 31.3. The Morgan fingerprint density at radius 1 is 0.805 bits per heavy atom. The van der Waals surface area contributed by atoms with E-state index in [4.69, 9.17) is 29.8 Å². The molecule has 1 unspecified atom stereocenters. The van der Waals surface area contributed by atoms with Crippen molar-refractivity contribution in [2.24, 2.45) is 5.41 Å². The summed E-state index contributed by atoms with van der Waals surface area (Å²) in [5.41, 5.74) is 6.06. The van der Waals surface area contributed by atoms with Crippen molar-refractivity contribution in [3.63, 3.8) is 0 Å². The maximum absolute atomic E-state index is 14.0. The number of carbonyl (C=O) groups excluding carboxylic acids is 4. The number of aliphatic hydroxyl groups is 1. The third-order valence-corrected chi connectivity index (χ3v) is 15.4. The summed E-state index contributed by atoms with van der Waals surface area (Å²) in [6.45, 7) is 12.3. The monoisotopic (exact) mass is 1140 g/mol. The lowest BCUT2D eigenvalue weighted by Gasteiger charge is -2.40. The van der Waals surface area contributed by atoms with E-state index in [-0.39, 0.29) is 61.9 Å². The summed E-state index contributed by atoms with van der Waals surface area (Å²) in [7, 11) is 0. The number of nitrogens with zero attached hydrogens (tertiary/aromatic N) is 3. The Kier molecular flexibility index (Phi) is 23.9. The molecule has 5 aromatic rings. The largest absolute Gasteiger partial charge is 0.494 e. The molecule has 4 amide bonds. The van der Waals surface area contributed by atoms with Crippen LogP contribution in [0.15, 0.2) is 103 Å². The molecule has 2 aliphatic heterocycles. The number of β-amino-alcohol motifs (C(OH)–C–C–N with tert-alkyl or cyclic N) is 1. The van der Waals surface area contributed by atoms with E-state index in [1.54, 1.807) is 48.0 Å². The van der Waals surface area contributed by atoms with Crippen molar-refractivity contribution in [3.8, 4) is 16.2 Å². The van der Waals surface area contributed by atoms with Gasteiger partial charge in [0.15, 0.2) is 0 Å². The van der Waals surface area contributed by atoms with E-state index in [2.05, 4.69) is 41.9 Å². The smallest absolute Gasteiger partial charge is 0.251 e. The van der Waals surface area contributed by atoms with Crippen LogP contribution in [0.25, 0.3) is 10.4 Å². The van der Waals surface area contributed by atoms with E-state index in [9.17, 15) is 24.3 Å². The zero-order valence-corrected chi connectivity index (χ0v) is 48.5. The van der Waals surface area contributed by atoms with Gasteiger partial charge in [-0.25, -0.2) is 4.98 Å². The first-order valence-corrected chi connectivity index (χ1v) is 29.2. The summed E-state index contributed by atoms with van der Waals surface area (Å²) >= 11 is 1.57. The number of aryl methyl sites for hydroxylation is 1. The van der Waals surface area contributed by atoms with Gasteiger partial charge in [0.05, 0.1) is 67.4 Å². The zero-order valence-electron chi connectivity index (χ0n) is 47.7. The maximum Gasteiger partial charge on any atom is 0.251 e. The van der Waals surface area contributed by atoms with Gasteiger partial charge < -0.3 is 60.9 Å². The first-order valence-electron chi connectivity index (χ1n) is 28.3. The number of aromatic nitrogens is 2. The number of thiazole rings is 1. The molecule has 9 N–H and O–H groups in total. The zero-order chi connectivity index (χ0) is 58.3. The molecule has 2 aromatic heterocycles. The first kappa shape index (κ1) is 62.5. The standard InChI is InChI=1S/C61H81N11O9S/c1-42-53(82-41-68-42)45-17-15-43(16-18-45)38-67-57(76)51-37-49(73)40-72(51)58(77)54(60(2,3)4)69-52(74)21-30-79-32-34-80-33-31-78-28-7-5-6-8-29-81-50-14-9-11-44(35-50)39-66-56(75)47-12-10-13-48(36-47)71-61(22-26-65-27-23-61)59(63)70-55(62)46-19-24-64-25-20-46/h9-20,24-25,35-36,41,49,51,54,65,71,73H,5-8,21-23,26-34,37-40H2,1-4H3,(H,66,75)(H,67,76)(H,69,74)(H3,62,63,70)/t49-,51-,54?/m0/s1. The van der Waals surface area contributed by atoms with Gasteiger partial charge in [-0.15, -0.1) is 11.3 Å². The SMILES string of the molecule is Cc1ncsc1-c1ccc(CNC(=O)[C@@H]2C[C@H](O)CN2C(=O)C(NC(=O)CCOCCOCCOCCCCCCOc2cccc(CNC(=O)c3cccc(NC4(C(=N)NC(=N)c5ccncc5)CCNCC4)c3)c2)C(C)(C)C)cc1. The number of pyridine rings is 1. The minimum atomic E-state index is -0.928. The predicted octanol–water partition coefficient (Wildman–Crippen LogP) is 6.76. The van der Waals surface area contributed by atoms with Crippen molar-refractivity contribution in [1.29, 1.82) is 10.8 Å². The Labute approximate surface area is 485 Å². The summed E-state index contributed by atoms with van der Waals surface area (Å²) < 4.78 is 23.1. The van der Waals surface area contributed by atoms with Crippen molar-refractivity contribution < 1.29 is 43.2 Å². The number of ether oxygens (including phenoxy) is 4. The van der Waals surface area contributed by atoms with Gasteiger partial charge in [-0.05, 0) is 117 Å². The number of amides is 4. The lowest BCUT2D eigenvalue weighted by atomic mass is 9.85. The summed E-state index contributed by atoms with van der Waals surface area (Å²) in [5, 5.41) is 46.8. The Bertz CT molecular complexity index is 2880. The number of nitrogens with one attached hydrogen (secondary N) is 8. The molecule has 0 aliphatic carbocycles. The molecular formula is C61H81N11O9S. The Morgan fingerprint density at radius 2 is 1.49 bits per heavy atom. The highest BCUT2D eigenvalue weighted by Gasteiger charge is 2.44. The highest BCUT2D eigenvalue weighted by molar-refractivity contribution is 7.13. The minimum Gasteiger partial charge on any atom is -0.494 e. The highest BCUT2D eigenvalue weighted by Crippen LogP contribution is 2.30. The van der Waals surface area contributed by atoms with Gasteiger partial charge >= 0.3 is 0 Å². The van der Waals surface area contributed by atoms with E-state index in [1.807, 2.05) is 93.9 Å². The number of unbranched alkanes of at least 4 members (excludes halogenated alkanes) is 3. The maximum atomic E-state index is 14.0. The quantitative estimate of drug-likeness (QED) is 0.0131. The van der Waals surface area contributed by atoms with Crippen LogP contribution in [0.4, 0.5) is 5.69 Å². The Morgan fingerprint density at radius 3 is 2.20 bits per heavy atom. The molecular weight excluding hydrogens is 1060 g/mol. The molecule has 0 bridgehead atoms. The van der Waals surface area contributed by atoms with Crippen molar-refractivity contribution in [1.82, 2.24) is 41.5 Å². The van der Waals surface area contributed by atoms with E-state index >= 15 is 0 Å². The van der Waals surface area contributed by atoms with Gasteiger partial charge in [-0.1, -0.05) is 69.7 Å². The summed E-state index contributed by atoms with van der Waals surface area (Å²) in [4.78, 5) is 64.7. The van der Waals surface area contributed by atoms with Crippen molar-refractivity contribution in [2.75, 3.05) is 71.2 Å². The molecule has 3 atom stereocenters. The van der Waals surface area contributed by atoms with Gasteiger partial charge in [-0.2, -0.15) is 0 Å². The predicted molar refractivity (Wildman–Crippen MR) is 317 cm³/mol. The molecule has 2 saturated heterocycles. The topological polar surface area (TPSA) is 274 Å². The number of rotatable bonds is 30. The lowest BCUT2D eigenvalue weighted by molar-refractivity contribution is -0.144. The van der Waals surface area contributed by atoms with E-state index in [0.717, 1.165) is 58.7 Å². The lowest BCUT2D eigenvalue weighted by Crippen LogP contribution is -2.58. The number of hydrogen-bond acceptors (Lipinski definition) is 16. The van der Waals surface area contributed by atoms with Crippen molar-refractivity contribution >= 4 is 52.3 Å². The van der Waals surface area contributed by atoms with Crippen LogP contribution in [0.3, 0.4) is 0 Å². The van der Waals surface area contributed by atoms with Gasteiger partial charge in [0, 0.05) is 68.3 Å².